The van der Waals surface area contributed by atoms with E-state index in [9.17, 15) is 0 Å². The van der Waals surface area contributed by atoms with E-state index in [2.05, 4.69) is 23.8 Å². The Kier molecular flexibility index (Phi) is 2.87. The normalized spacial score (nSPS) is 10.4. The molecule has 0 aliphatic rings. The van der Waals surface area contributed by atoms with Crippen molar-refractivity contribution < 1.29 is 0 Å². The van der Waals surface area contributed by atoms with Crippen molar-refractivity contribution in [2.45, 2.75) is 19.9 Å². The molecule has 0 saturated carbocycles. The average molecular weight is 186 g/mol. The van der Waals surface area contributed by atoms with E-state index in [4.69, 9.17) is 11.6 Å². The molecule has 0 amide bonds. The van der Waals surface area contributed by atoms with Gasteiger partial charge in [-0.05, 0) is 13.8 Å². The number of hydrogen-bond donors (Lipinski definition) is 0. The minimum atomic E-state index is 0.401. The Morgan fingerprint density at radius 2 is 2.08 bits per heavy atom. The first kappa shape index (κ1) is 9.26. The van der Waals surface area contributed by atoms with Crippen molar-refractivity contribution in [2.75, 3.05) is 11.9 Å². The summed E-state index contributed by atoms with van der Waals surface area (Å²) in [4.78, 5) is 10.1. The molecule has 0 N–H and O–H groups in total. The van der Waals surface area contributed by atoms with E-state index in [1.807, 2.05) is 11.9 Å². The molecular formula is C8H12ClN3. The van der Waals surface area contributed by atoms with Crippen molar-refractivity contribution in [3.05, 3.63) is 17.5 Å². The average Bonchev–Trinajstić information content (AvgIpc) is 2.03. The first-order valence-corrected chi connectivity index (χ1v) is 4.19. The first-order valence-electron chi connectivity index (χ1n) is 3.81. The van der Waals surface area contributed by atoms with Crippen LogP contribution in [0.3, 0.4) is 0 Å². The van der Waals surface area contributed by atoms with Crippen LogP contribution in [0, 0.1) is 0 Å². The van der Waals surface area contributed by atoms with Crippen LogP contribution in [0.5, 0.6) is 0 Å². The van der Waals surface area contributed by atoms with Gasteiger partial charge >= 0.3 is 0 Å². The minimum Gasteiger partial charge on any atom is -0.356 e. The van der Waals surface area contributed by atoms with Gasteiger partial charge in [-0.15, -0.1) is 0 Å². The summed E-state index contributed by atoms with van der Waals surface area (Å²) in [5.74, 6) is 0.803. The zero-order valence-corrected chi connectivity index (χ0v) is 8.21. The van der Waals surface area contributed by atoms with Gasteiger partial charge in [0.15, 0.2) is 0 Å². The molecule has 1 aromatic heterocycles. The molecule has 0 fully saturated rings. The third-order valence-electron chi connectivity index (χ3n) is 1.73. The summed E-state index contributed by atoms with van der Waals surface area (Å²) in [6.07, 6.45) is 3.23. The van der Waals surface area contributed by atoms with E-state index in [1.165, 1.54) is 6.20 Å². The fraction of sp³-hybridized carbons (Fsp3) is 0.500. The van der Waals surface area contributed by atoms with Crippen molar-refractivity contribution in [1.82, 2.24) is 9.97 Å². The van der Waals surface area contributed by atoms with E-state index >= 15 is 0 Å². The standard InChI is InChI=1S/C8H12ClN3/c1-6(2)12(3)8-5-10-4-7(9)11-8/h4-6H,1-3H3. The Labute approximate surface area is 77.4 Å². The summed E-state index contributed by atoms with van der Waals surface area (Å²) in [5.41, 5.74) is 0. The summed E-state index contributed by atoms with van der Waals surface area (Å²) in [5, 5.41) is 0.431. The number of rotatable bonds is 2. The smallest absolute Gasteiger partial charge is 0.149 e. The lowest BCUT2D eigenvalue weighted by Gasteiger charge is -2.21. The minimum absolute atomic E-state index is 0.401. The van der Waals surface area contributed by atoms with Crippen LogP contribution in [0.1, 0.15) is 13.8 Å². The molecule has 1 heterocycles. The second kappa shape index (κ2) is 3.72. The van der Waals surface area contributed by atoms with Crippen molar-refractivity contribution in [1.29, 1.82) is 0 Å². The Morgan fingerprint density at radius 1 is 1.42 bits per heavy atom. The van der Waals surface area contributed by atoms with Crippen LogP contribution in [0.4, 0.5) is 5.82 Å². The second-order valence-corrected chi connectivity index (χ2v) is 3.29. The van der Waals surface area contributed by atoms with Crippen molar-refractivity contribution in [3.63, 3.8) is 0 Å². The Hall–Kier alpha value is -0.830. The predicted octanol–water partition coefficient (Wildman–Crippen LogP) is 1.97. The number of hydrogen-bond acceptors (Lipinski definition) is 3. The Bertz CT molecular complexity index is 262. The highest BCUT2D eigenvalue weighted by Crippen LogP contribution is 2.12. The van der Waals surface area contributed by atoms with Crippen LogP contribution >= 0.6 is 11.6 Å². The van der Waals surface area contributed by atoms with Gasteiger partial charge in [-0.2, -0.15) is 0 Å². The summed E-state index contributed by atoms with van der Waals surface area (Å²) < 4.78 is 0. The molecule has 0 aliphatic carbocycles. The zero-order valence-electron chi connectivity index (χ0n) is 7.45. The molecule has 1 rings (SSSR count). The molecule has 4 heteroatoms. The summed E-state index contributed by atoms with van der Waals surface area (Å²) >= 11 is 5.69. The van der Waals surface area contributed by atoms with Crippen LogP contribution in [0.25, 0.3) is 0 Å². The van der Waals surface area contributed by atoms with Gasteiger partial charge in [0, 0.05) is 13.1 Å². The van der Waals surface area contributed by atoms with Gasteiger partial charge in [0.25, 0.3) is 0 Å². The number of anilines is 1. The van der Waals surface area contributed by atoms with Gasteiger partial charge in [-0.3, -0.25) is 4.98 Å². The number of aromatic nitrogens is 2. The molecular weight excluding hydrogens is 174 g/mol. The van der Waals surface area contributed by atoms with E-state index in [-0.39, 0.29) is 0 Å². The molecule has 0 bridgehead atoms. The quantitative estimate of drug-likeness (QED) is 0.706. The molecule has 1 aromatic rings. The molecule has 0 spiro atoms. The molecule has 66 valence electrons. The zero-order chi connectivity index (χ0) is 9.14. The molecule has 0 unspecified atom stereocenters. The second-order valence-electron chi connectivity index (χ2n) is 2.90. The third kappa shape index (κ3) is 2.08. The van der Waals surface area contributed by atoms with Gasteiger partial charge in [-0.25, -0.2) is 4.98 Å². The van der Waals surface area contributed by atoms with Crippen LogP contribution < -0.4 is 4.90 Å². The summed E-state index contributed by atoms with van der Waals surface area (Å²) in [6.45, 7) is 4.17. The fourth-order valence-corrected chi connectivity index (χ4v) is 0.910. The topological polar surface area (TPSA) is 29.0 Å². The maximum atomic E-state index is 5.69. The van der Waals surface area contributed by atoms with Gasteiger partial charge in [-0.1, -0.05) is 11.6 Å². The van der Waals surface area contributed by atoms with E-state index in [0.717, 1.165) is 5.82 Å². The Balaban J connectivity index is 2.88. The molecule has 0 aromatic carbocycles. The van der Waals surface area contributed by atoms with E-state index in [1.54, 1.807) is 6.20 Å². The molecule has 12 heavy (non-hydrogen) atoms. The van der Waals surface area contributed by atoms with Gasteiger partial charge < -0.3 is 4.90 Å². The first-order chi connectivity index (χ1) is 5.61. The molecule has 0 radical (unpaired) electrons. The summed E-state index contributed by atoms with van der Waals surface area (Å²) in [6, 6.07) is 0.401. The van der Waals surface area contributed by atoms with Crippen LogP contribution in [0.2, 0.25) is 5.15 Å². The molecule has 3 nitrogen and oxygen atoms in total. The Morgan fingerprint density at radius 3 is 2.58 bits per heavy atom. The maximum absolute atomic E-state index is 5.69. The third-order valence-corrected chi connectivity index (χ3v) is 1.91. The van der Waals surface area contributed by atoms with Gasteiger partial charge in [0.05, 0.1) is 12.4 Å². The van der Waals surface area contributed by atoms with Gasteiger partial charge in [0.1, 0.15) is 11.0 Å². The lowest BCUT2D eigenvalue weighted by atomic mass is 10.3. The molecule has 0 saturated heterocycles. The number of nitrogens with zero attached hydrogens (tertiary/aromatic N) is 3. The number of halogens is 1. The van der Waals surface area contributed by atoms with Gasteiger partial charge in [0.2, 0.25) is 0 Å². The predicted molar refractivity (Wildman–Crippen MR) is 50.6 cm³/mol. The van der Waals surface area contributed by atoms with Crippen molar-refractivity contribution in [3.8, 4) is 0 Å². The van der Waals surface area contributed by atoms with E-state index < -0.39 is 0 Å². The SMILES string of the molecule is CC(C)N(C)c1cncc(Cl)n1. The fourth-order valence-electron chi connectivity index (χ4n) is 0.767. The lowest BCUT2D eigenvalue weighted by Crippen LogP contribution is -2.26. The highest BCUT2D eigenvalue weighted by atomic mass is 35.5. The molecule has 0 aliphatic heterocycles. The van der Waals surface area contributed by atoms with Crippen LogP contribution in [-0.2, 0) is 0 Å². The van der Waals surface area contributed by atoms with Crippen molar-refractivity contribution >= 4 is 17.4 Å². The highest BCUT2D eigenvalue weighted by molar-refractivity contribution is 6.29. The van der Waals surface area contributed by atoms with Crippen LogP contribution in [0.15, 0.2) is 12.4 Å². The van der Waals surface area contributed by atoms with E-state index in [0.29, 0.717) is 11.2 Å². The monoisotopic (exact) mass is 185 g/mol. The highest BCUT2D eigenvalue weighted by Gasteiger charge is 2.06. The lowest BCUT2D eigenvalue weighted by molar-refractivity contribution is 0.741. The summed E-state index contributed by atoms with van der Waals surface area (Å²) in [7, 11) is 1.96. The van der Waals surface area contributed by atoms with Crippen molar-refractivity contribution in [2.24, 2.45) is 0 Å². The molecule has 0 atom stereocenters. The maximum Gasteiger partial charge on any atom is 0.149 e. The van der Waals surface area contributed by atoms with Crippen LogP contribution in [-0.4, -0.2) is 23.1 Å². The largest absolute Gasteiger partial charge is 0.356 e.